The molecule has 1 heterocycles. The van der Waals surface area contributed by atoms with Crippen LogP contribution in [0.1, 0.15) is 32.6 Å². The number of nitrogen functional groups attached to an aromatic ring is 1. The number of hydrogen-bond donors (Lipinski definition) is 2. The second-order valence-electron chi connectivity index (χ2n) is 5.53. The Morgan fingerprint density at radius 1 is 1.11 bits per heavy atom. The van der Waals surface area contributed by atoms with Crippen LogP contribution in [0.2, 0.25) is 0 Å². The molecule has 1 aromatic carbocycles. The van der Waals surface area contributed by atoms with Crippen LogP contribution in [-0.4, -0.2) is 49.7 Å². The first-order chi connectivity index (χ1) is 12.6. The second kappa shape index (κ2) is 13.2. The van der Waals surface area contributed by atoms with Gasteiger partial charge in [0.25, 0.3) is 0 Å². The Morgan fingerprint density at radius 2 is 1.63 bits per heavy atom. The summed E-state index contributed by atoms with van der Waals surface area (Å²) in [5.74, 6) is -2.23. The van der Waals surface area contributed by atoms with Crippen molar-refractivity contribution >= 4 is 35.3 Å². The molecule has 1 aliphatic heterocycles. The van der Waals surface area contributed by atoms with Gasteiger partial charge in [0.1, 0.15) is 0 Å². The molecule has 3 N–H and O–H groups in total. The summed E-state index contributed by atoms with van der Waals surface area (Å²) < 4.78 is 8.57. The molecule has 0 aliphatic carbocycles. The Labute approximate surface area is 158 Å². The third-order valence-corrected chi connectivity index (χ3v) is 3.02. The van der Waals surface area contributed by atoms with Gasteiger partial charge in [0.15, 0.2) is 0 Å². The van der Waals surface area contributed by atoms with Gasteiger partial charge in [-0.3, -0.25) is 19.2 Å². The normalized spacial score (nSPS) is 12.0. The van der Waals surface area contributed by atoms with E-state index in [1.165, 1.54) is 5.69 Å². The van der Waals surface area contributed by atoms with Crippen LogP contribution in [0.4, 0.5) is 11.4 Å². The van der Waals surface area contributed by atoms with Crippen LogP contribution in [0.25, 0.3) is 0 Å². The summed E-state index contributed by atoms with van der Waals surface area (Å²) in [6, 6.07) is 7.79. The van der Waals surface area contributed by atoms with E-state index in [1.807, 2.05) is 43.3 Å². The van der Waals surface area contributed by atoms with Crippen LogP contribution in [0.5, 0.6) is 0 Å². The van der Waals surface area contributed by atoms with Crippen LogP contribution < -0.4 is 10.6 Å². The number of carbonyl (C=O) groups is 4. The molecule has 1 aliphatic rings. The van der Waals surface area contributed by atoms with E-state index in [2.05, 4.69) is 9.47 Å². The van der Waals surface area contributed by atoms with Gasteiger partial charge in [0, 0.05) is 25.5 Å². The Hall–Kier alpha value is -3.10. The molecule has 2 rings (SSSR count). The minimum atomic E-state index is -0.979. The molecule has 1 saturated heterocycles. The molecule has 0 amide bonds. The molecular formula is C18H26N2O7. The summed E-state index contributed by atoms with van der Waals surface area (Å²) in [5, 5.41) is 8.12. The molecule has 27 heavy (non-hydrogen) atoms. The second-order valence-corrected chi connectivity index (χ2v) is 5.53. The number of anilines is 2. The molecular weight excluding hydrogens is 356 g/mol. The van der Waals surface area contributed by atoms with E-state index < -0.39 is 23.9 Å². The smallest absolute Gasteiger partial charge is 0.314 e. The van der Waals surface area contributed by atoms with Crippen LogP contribution in [-0.2, 0) is 28.7 Å². The molecule has 0 bridgehead atoms. The number of carboxylic acid groups (broad SMARTS) is 1. The lowest BCUT2D eigenvalue weighted by Gasteiger charge is -2.11. The van der Waals surface area contributed by atoms with Gasteiger partial charge >= 0.3 is 23.9 Å². The van der Waals surface area contributed by atoms with Crippen molar-refractivity contribution in [1.82, 2.24) is 0 Å². The molecule has 9 nitrogen and oxygen atoms in total. The van der Waals surface area contributed by atoms with Crippen molar-refractivity contribution in [1.29, 1.82) is 0 Å². The van der Waals surface area contributed by atoms with Gasteiger partial charge in [-0.25, -0.2) is 0 Å². The molecule has 1 aromatic rings. The van der Waals surface area contributed by atoms with Gasteiger partial charge in [0.2, 0.25) is 0 Å². The van der Waals surface area contributed by atoms with E-state index in [0.717, 1.165) is 5.69 Å². The predicted molar refractivity (Wildman–Crippen MR) is 99.0 cm³/mol. The van der Waals surface area contributed by atoms with E-state index in [-0.39, 0.29) is 25.7 Å². The minimum absolute atomic E-state index is 0.0385. The largest absolute Gasteiger partial charge is 0.481 e. The summed E-state index contributed by atoms with van der Waals surface area (Å²) in [6.07, 6.45) is 0.333. The van der Waals surface area contributed by atoms with Crippen molar-refractivity contribution in [2.45, 2.75) is 32.6 Å². The highest BCUT2D eigenvalue weighted by Crippen LogP contribution is 2.12. The SMILES string of the molecule is CCOC(=O)CCC(=O)O.CN(C)c1ccc(N)cc1.O=C1CCC(=O)O1. The van der Waals surface area contributed by atoms with Crippen molar-refractivity contribution in [2.75, 3.05) is 31.3 Å². The number of cyclic esters (lactones) is 2. The predicted octanol–water partition coefficient (Wildman–Crippen LogP) is 1.60. The third-order valence-electron chi connectivity index (χ3n) is 3.02. The first kappa shape index (κ1) is 23.9. The monoisotopic (exact) mass is 382 g/mol. The fourth-order valence-electron chi connectivity index (χ4n) is 1.65. The molecule has 0 unspecified atom stereocenters. The Balaban J connectivity index is 0.000000382. The first-order valence-electron chi connectivity index (χ1n) is 8.29. The molecule has 0 radical (unpaired) electrons. The van der Waals surface area contributed by atoms with Gasteiger partial charge in [-0.15, -0.1) is 0 Å². The Kier molecular flexibility index (Phi) is 11.6. The zero-order chi connectivity index (χ0) is 20.8. The molecule has 0 saturated carbocycles. The first-order valence-corrected chi connectivity index (χ1v) is 8.29. The van der Waals surface area contributed by atoms with Gasteiger partial charge in [-0.2, -0.15) is 0 Å². The van der Waals surface area contributed by atoms with E-state index in [0.29, 0.717) is 6.61 Å². The number of hydrogen-bond acceptors (Lipinski definition) is 8. The standard InChI is InChI=1S/C8H12N2.C6H10O4.C4H4O3/c1-10(2)8-5-3-7(9)4-6-8;1-2-10-6(9)4-3-5(7)8;5-3-1-2-4(6)7-3/h3-6H,9H2,1-2H3;2-4H2,1H3,(H,7,8);1-2H2. The third kappa shape index (κ3) is 12.9. The van der Waals surface area contributed by atoms with E-state index in [4.69, 9.17) is 10.8 Å². The summed E-state index contributed by atoms with van der Waals surface area (Å²) >= 11 is 0. The maximum atomic E-state index is 10.5. The number of nitrogens with two attached hydrogens (primary N) is 1. The molecule has 0 spiro atoms. The number of nitrogens with zero attached hydrogens (tertiary/aromatic N) is 1. The van der Waals surface area contributed by atoms with Gasteiger partial charge in [0.05, 0.1) is 32.3 Å². The maximum absolute atomic E-state index is 10.5. The lowest BCUT2D eigenvalue weighted by Crippen LogP contribution is -2.08. The van der Waals surface area contributed by atoms with E-state index in [1.54, 1.807) is 6.92 Å². The highest BCUT2D eigenvalue weighted by atomic mass is 16.6. The maximum Gasteiger partial charge on any atom is 0.314 e. The van der Waals surface area contributed by atoms with Gasteiger partial charge in [-0.05, 0) is 31.2 Å². The quantitative estimate of drug-likeness (QED) is 0.442. The Bertz CT molecular complexity index is 613. The fourth-order valence-corrected chi connectivity index (χ4v) is 1.65. The average molecular weight is 382 g/mol. The zero-order valence-electron chi connectivity index (χ0n) is 15.8. The minimum Gasteiger partial charge on any atom is -0.481 e. The molecule has 9 heteroatoms. The van der Waals surface area contributed by atoms with Crippen LogP contribution >= 0.6 is 0 Å². The summed E-state index contributed by atoms with van der Waals surface area (Å²) in [5.41, 5.74) is 7.49. The molecule has 1 fully saturated rings. The number of esters is 3. The lowest BCUT2D eigenvalue weighted by molar-refractivity contribution is -0.152. The topological polar surface area (TPSA) is 136 Å². The summed E-state index contributed by atoms with van der Waals surface area (Å²) in [4.78, 5) is 42.4. The fraction of sp³-hybridized carbons (Fsp3) is 0.444. The van der Waals surface area contributed by atoms with E-state index in [9.17, 15) is 19.2 Å². The number of aliphatic carboxylic acids is 1. The molecule has 150 valence electrons. The highest BCUT2D eigenvalue weighted by molar-refractivity contribution is 5.92. The summed E-state index contributed by atoms with van der Waals surface area (Å²) in [6.45, 7) is 1.98. The Morgan fingerprint density at radius 3 is 1.96 bits per heavy atom. The van der Waals surface area contributed by atoms with Gasteiger partial charge in [-0.1, -0.05) is 0 Å². The number of ether oxygens (including phenoxy) is 2. The van der Waals surface area contributed by atoms with Crippen LogP contribution in [0, 0.1) is 0 Å². The number of benzene rings is 1. The van der Waals surface area contributed by atoms with Crippen LogP contribution in [0.3, 0.4) is 0 Å². The van der Waals surface area contributed by atoms with Crippen molar-refractivity contribution in [3.05, 3.63) is 24.3 Å². The van der Waals surface area contributed by atoms with E-state index >= 15 is 0 Å². The molecule has 0 aromatic heterocycles. The van der Waals surface area contributed by atoms with Crippen molar-refractivity contribution < 1.29 is 33.8 Å². The van der Waals surface area contributed by atoms with Gasteiger partial charge < -0.3 is 25.2 Å². The number of carbonyl (C=O) groups excluding carboxylic acids is 3. The van der Waals surface area contributed by atoms with Crippen molar-refractivity contribution in [3.8, 4) is 0 Å². The van der Waals surface area contributed by atoms with Crippen molar-refractivity contribution in [2.24, 2.45) is 0 Å². The summed E-state index contributed by atoms with van der Waals surface area (Å²) in [7, 11) is 4.01. The zero-order valence-corrected chi connectivity index (χ0v) is 15.8. The lowest BCUT2D eigenvalue weighted by atomic mass is 10.3. The number of rotatable bonds is 5. The van der Waals surface area contributed by atoms with Crippen molar-refractivity contribution in [3.63, 3.8) is 0 Å². The number of carboxylic acids is 1. The highest BCUT2D eigenvalue weighted by Gasteiger charge is 2.19. The van der Waals surface area contributed by atoms with Crippen LogP contribution in [0.15, 0.2) is 24.3 Å². The average Bonchev–Trinajstić information content (AvgIpc) is 2.98. The molecule has 0 atom stereocenters.